The number of benzene rings is 10. The molecule has 0 aliphatic rings. The van der Waals surface area contributed by atoms with Gasteiger partial charge in [-0.1, -0.05) is 170 Å². The molecule has 1 aromatic heterocycles. The predicted molar refractivity (Wildman–Crippen MR) is 251 cm³/mol. The van der Waals surface area contributed by atoms with Crippen LogP contribution in [0.25, 0.3) is 88.6 Å². The summed E-state index contributed by atoms with van der Waals surface area (Å²) in [6, 6.07) is 81.9. The van der Waals surface area contributed by atoms with E-state index >= 15 is 0 Å². The first-order valence-electron chi connectivity index (χ1n) is 20.4. The Balaban J connectivity index is 0.965. The predicted octanol–water partition coefficient (Wildman–Crippen LogP) is 15.9. The Labute approximate surface area is 349 Å². The van der Waals surface area contributed by atoms with E-state index in [-0.39, 0.29) is 0 Å². The minimum Gasteiger partial charge on any atom is -0.435 e. The lowest BCUT2D eigenvalue weighted by molar-refractivity contribution is 0.623. The Morgan fingerprint density at radius 1 is 0.333 bits per heavy atom. The van der Waals surface area contributed by atoms with E-state index in [4.69, 9.17) is 9.40 Å². The number of aromatic nitrogens is 1. The minimum absolute atomic E-state index is 0.624. The van der Waals surface area contributed by atoms with Crippen LogP contribution in [-0.2, 0) is 0 Å². The highest BCUT2D eigenvalue weighted by molar-refractivity contribution is 6.07. The van der Waals surface area contributed by atoms with Crippen molar-refractivity contribution >= 4 is 49.7 Å². The Hall–Kier alpha value is -8.01. The van der Waals surface area contributed by atoms with Gasteiger partial charge >= 0.3 is 0 Å². The summed E-state index contributed by atoms with van der Waals surface area (Å²) in [4.78, 5) is 7.28. The minimum atomic E-state index is 0.624. The van der Waals surface area contributed by atoms with Crippen molar-refractivity contribution in [3.05, 3.63) is 231 Å². The molecule has 3 heteroatoms. The van der Waals surface area contributed by atoms with Crippen LogP contribution in [0.4, 0.5) is 17.1 Å². The van der Waals surface area contributed by atoms with Crippen LogP contribution in [0.2, 0.25) is 0 Å². The van der Waals surface area contributed by atoms with Crippen molar-refractivity contribution in [3.63, 3.8) is 0 Å². The Morgan fingerprint density at radius 2 is 0.867 bits per heavy atom. The van der Waals surface area contributed by atoms with Crippen molar-refractivity contribution in [1.29, 1.82) is 0 Å². The third-order valence-electron chi connectivity index (χ3n) is 11.5. The monoisotopic (exact) mass is 766 g/mol. The van der Waals surface area contributed by atoms with Crippen LogP contribution in [0.3, 0.4) is 0 Å². The summed E-state index contributed by atoms with van der Waals surface area (Å²) < 4.78 is 6.49. The van der Waals surface area contributed by atoms with Crippen LogP contribution in [0.15, 0.2) is 235 Å². The topological polar surface area (TPSA) is 29.3 Å². The van der Waals surface area contributed by atoms with Crippen LogP contribution in [0, 0.1) is 0 Å². The zero-order chi connectivity index (χ0) is 39.8. The van der Waals surface area contributed by atoms with Gasteiger partial charge in [-0.25, -0.2) is 4.98 Å². The molecule has 0 saturated heterocycles. The first kappa shape index (κ1) is 35.2. The van der Waals surface area contributed by atoms with E-state index in [1.54, 1.807) is 0 Å². The van der Waals surface area contributed by atoms with Crippen molar-refractivity contribution in [2.24, 2.45) is 0 Å². The zero-order valence-electron chi connectivity index (χ0n) is 32.7. The Kier molecular flexibility index (Phi) is 8.83. The molecule has 11 aromatic rings. The third-order valence-corrected chi connectivity index (χ3v) is 11.5. The summed E-state index contributed by atoms with van der Waals surface area (Å²) in [5, 5.41) is 4.52. The van der Waals surface area contributed by atoms with E-state index in [1.807, 2.05) is 6.07 Å². The first-order chi connectivity index (χ1) is 29.7. The summed E-state index contributed by atoms with van der Waals surface area (Å²) >= 11 is 0. The number of oxazole rings is 1. The molecular weight excluding hydrogens is 729 g/mol. The van der Waals surface area contributed by atoms with Gasteiger partial charge in [-0.05, 0) is 116 Å². The number of rotatable bonds is 8. The highest BCUT2D eigenvalue weighted by atomic mass is 16.3. The Bertz CT molecular complexity index is 3280. The lowest BCUT2D eigenvalue weighted by atomic mass is 9.95. The van der Waals surface area contributed by atoms with Gasteiger partial charge in [0.05, 0.1) is 5.69 Å². The van der Waals surface area contributed by atoms with E-state index in [0.29, 0.717) is 5.89 Å². The molecule has 0 N–H and O–H groups in total. The van der Waals surface area contributed by atoms with Gasteiger partial charge in [-0.2, -0.15) is 0 Å². The average Bonchev–Trinajstić information content (AvgIpc) is 3.78. The van der Waals surface area contributed by atoms with E-state index in [9.17, 15) is 0 Å². The summed E-state index contributed by atoms with van der Waals surface area (Å²) in [6.45, 7) is 0. The van der Waals surface area contributed by atoms with Crippen LogP contribution in [0.5, 0.6) is 0 Å². The molecule has 282 valence electrons. The molecule has 0 spiro atoms. The fourth-order valence-electron chi connectivity index (χ4n) is 8.49. The van der Waals surface area contributed by atoms with Gasteiger partial charge < -0.3 is 9.32 Å². The number of para-hydroxylation sites is 1. The average molecular weight is 767 g/mol. The lowest BCUT2D eigenvalue weighted by Gasteiger charge is -2.28. The summed E-state index contributed by atoms with van der Waals surface area (Å²) in [7, 11) is 0. The molecule has 0 atom stereocenters. The Morgan fingerprint density at radius 3 is 1.58 bits per heavy atom. The van der Waals surface area contributed by atoms with Crippen LogP contribution >= 0.6 is 0 Å². The van der Waals surface area contributed by atoms with E-state index in [1.165, 1.54) is 44.2 Å². The molecule has 10 aromatic carbocycles. The highest BCUT2D eigenvalue weighted by Crippen LogP contribution is 2.43. The lowest BCUT2D eigenvalue weighted by Crippen LogP contribution is -2.11. The normalized spacial score (nSPS) is 11.3. The van der Waals surface area contributed by atoms with Crippen LogP contribution < -0.4 is 4.90 Å². The molecule has 0 radical (unpaired) electrons. The molecule has 0 amide bonds. The van der Waals surface area contributed by atoms with Gasteiger partial charge in [-0.15, -0.1) is 0 Å². The molecule has 0 saturated carbocycles. The fourth-order valence-corrected chi connectivity index (χ4v) is 8.49. The largest absolute Gasteiger partial charge is 0.435 e. The van der Waals surface area contributed by atoms with Gasteiger partial charge in [0, 0.05) is 27.9 Å². The van der Waals surface area contributed by atoms with Gasteiger partial charge in [0.25, 0.3) is 0 Å². The fraction of sp³-hybridized carbons (Fsp3) is 0. The SMILES string of the molecule is c1ccc(-c2ccc(-c3nc4ccc5cc(-c6cccc7cc(N(c8ccc(-c9ccccc9)cc8)c8ccccc8-c8ccccc8)ccc67)ccc5c4o3)cc2)cc1. The molecule has 0 aliphatic carbocycles. The van der Waals surface area contributed by atoms with Crippen LogP contribution in [-0.4, -0.2) is 4.98 Å². The number of nitrogens with zero attached hydrogens (tertiary/aromatic N) is 2. The van der Waals surface area contributed by atoms with Gasteiger partial charge in [0.15, 0.2) is 5.58 Å². The quantitative estimate of drug-likeness (QED) is 0.154. The van der Waals surface area contributed by atoms with Crippen molar-refractivity contribution in [2.45, 2.75) is 0 Å². The summed E-state index contributed by atoms with van der Waals surface area (Å²) in [6.07, 6.45) is 0. The van der Waals surface area contributed by atoms with E-state index in [2.05, 4.69) is 229 Å². The maximum absolute atomic E-state index is 6.49. The maximum atomic E-state index is 6.49. The molecule has 3 nitrogen and oxygen atoms in total. The molecule has 0 unspecified atom stereocenters. The van der Waals surface area contributed by atoms with Crippen molar-refractivity contribution in [1.82, 2.24) is 4.98 Å². The van der Waals surface area contributed by atoms with Gasteiger partial charge in [0.2, 0.25) is 5.89 Å². The molecule has 11 rings (SSSR count). The number of hydrogen-bond acceptors (Lipinski definition) is 3. The standard InChI is InChI=1S/C57H38N2O/c1-4-13-39(14-5-1)41-23-25-44(26-24-41)57-58-54-36-30-47-37-46(29-34-53(47)56(54)60-57)50-21-12-19-45-38-49(33-35-51(45)50)59(48-31-27-42(28-32-48)40-15-6-2-7-16-40)55-22-11-10-20-52(55)43-17-8-3-9-18-43/h1-38H. The third kappa shape index (κ3) is 6.49. The number of hydrogen-bond donors (Lipinski definition) is 0. The number of anilines is 3. The molecule has 0 bridgehead atoms. The molecule has 1 heterocycles. The molecule has 60 heavy (non-hydrogen) atoms. The summed E-state index contributed by atoms with van der Waals surface area (Å²) in [5.41, 5.74) is 15.3. The van der Waals surface area contributed by atoms with E-state index in [0.717, 1.165) is 55.6 Å². The van der Waals surface area contributed by atoms with Gasteiger partial charge in [-0.3, -0.25) is 0 Å². The van der Waals surface area contributed by atoms with E-state index < -0.39 is 0 Å². The summed E-state index contributed by atoms with van der Waals surface area (Å²) in [5.74, 6) is 0.624. The highest BCUT2D eigenvalue weighted by Gasteiger charge is 2.19. The van der Waals surface area contributed by atoms with Crippen molar-refractivity contribution < 1.29 is 4.42 Å². The molecular formula is C57H38N2O. The second-order valence-electron chi connectivity index (χ2n) is 15.2. The first-order valence-corrected chi connectivity index (χ1v) is 20.4. The molecule has 0 aliphatic heterocycles. The smallest absolute Gasteiger partial charge is 0.227 e. The van der Waals surface area contributed by atoms with Gasteiger partial charge in [0.1, 0.15) is 5.52 Å². The zero-order valence-corrected chi connectivity index (χ0v) is 32.7. The van der Waals surface area contributed by atoms with Crippen LogP contribution in [0.1, 0.15) is 0 Å². The second-order valence-corrected chi connectivity index (χ2v) is 15.2. The van der Waals surface area contributed by atoms with Crippen molar-refractivity contribution in [2.75, 3.05) is 4.90 Å². The number of fused-ring (bicyclic) bond motifs is 4. The molecule has 0 fully saturated rings. The maximum Gasteiger partial charge on any atom is 0.227 e. The second kappa shape index (κ2) is 15.1. The van der Waals surface area contributed by atoms with Crippen molar-refractivity contribution in [3.8, 4) is 56.0 Å².